The summed E-state index contributed by atoms with van der Waals surface area (Å²) in [5.41, 5.74) is 1.61. The molecule has 158 valence electrons. The van der Waals surface area contributed by atoms with Crippen LogP contribution in [0.5, 0.6) is 0 Å². The normalized spacial score (nSPS) is 19.0. The summed E-state index contributed by atoms with van der Waals surface area (Å²) in [6, 6.07) is 19.5. The highest BCUT2D eigenvalue weighted by Gasteiger charge is 2.46. The van der Waals surface area contributed by atoms with E-state index >= 15 is 0 Å². The molecule has 1 atom stereocenters. The van der Waals surface area contributed by atoms with Gasteiger partial charge in [-0.3, -0.25) is 0 Å². The molecule has 0 bridgehead atoms. The van der Waals surface area contributed by atoms with Gasteiger partial charge in [0, 0.05) is 19.6 Å². The van der Waals surface area contributed by atoms with E-state index < -0.39 is 6.23 Å². The van der Waals surface area contributed by atoms with Gasteiger partial charge in [-0.1, -0.05) is 68.4 Å². The second-order valence-corrected chi connectivity index (χ2v) is 9.04. The summed E-state index contributed by atoms with van der Waals surface area (Å²) in [6.07, 6.45) is 4.21. The van der Waals surface area contributed by atoms with E-state index in [1.54, 1.807) is 7.11 Å². The van der Waals surface area contributed by atoms with Crippen molar-refractivity contribution in [2.75, 3.05) is 20.3 Å². The zero-order valence-electron chi connectivity index (χ0n) is 18.2. The van der Waals surface area contributed by atoms with Crippen molar-refractivity contribution in [1.29, 1.82) is 0 Å². The molecule has 31 heavy (non-hydrogen) atoms. The van der Waals surface area contributed by atoms with Crippen LogP contribution < -0.4 is 0 Å². The number of methoxy groups -OCH3 is 1. The molecule has 4 aromatic carbocycles. The first-order chi connectivity index (χ1) is 15.0. The van der Waals surface area contributed by atoms with Gasteiger partial charge < -0.3 is 14.7 Å². The van der Waals surface area contributed by atoms with Crippen molar-refractivity contribution in [2.24, 2.45) is 5.41 Å². The Labute approximate surface area is 182 Å². The van der Waals surface area contributed by atoms with Crippen LogP contribution in [0.2, 0.25) is 0 Å². The van der Waals surface area contributed by atoms with Gasteiger partial charge in [0.25, 0.3) is 6.23 Å². The summed E-state index contributed by atoms with van der Waals surface area (Å²) < 4.78 is 11.9. The number of hydrogen-bond donors (Lipinski definition) is 0. The quantitative estimate of drug-likeness (QED) is 0.169. The number of ether oxygens (including phenoxy) is 2. The highest BCUT2D eigenvalue weighted by atomic mass is 16.6. The molecular weight excluding hydrogens is 386 g/mol. The third-order valence-electron chi connectivity index (χ3n) is 6.38. The van der Waals surface area contributed by atoms with Crippen molar-refractivity contribution >= 4 is 44.1 Å². The number of rotatable bonds is 6. The number of hydrogen-bond acceptors (Lipinski definition) is 3. The molecule has 1 heterocycles. The maximum absolute atomic E-state index is 12.9. The Morgan fingerprint density at radius 3 is 2.35 bits per heavy atom. The maximum Gasteiger partial charge on any atom is 0.273 e. The summed E-state index contributed by atoms with van der Waals surface area (Å²) in [5, 5.41) is 20.5. The monoisotopic (exact) mass is 413 g/mol. The lowest BCUT2D eigenvalue weighted by Gasteiger charge is -2.23. The van der Waals surface area contributed by atoms with E-state index in [0.717, 1.165) is 16.0 Å². The van der Waals surface area contributed by atoms with Gasteiger partial charge >= 0.3 is 0 Å². The van der Waals surface area contributed by atoms with E-state index in [1.807, 2.05) is 6.08 Å². The third-order valence-corrected chi connectivity index (χ3v) is 6.38. The lowest BCUT2D eigenvalue weighted by molar-refractivity contribution is -0.564. The topological polar surface area (TPSA) is 44.5 Å². The van der Waals surface area contributed by atoms with Gasteiger partial charge in [0.2, 0.25) is 0 Å². The average molecular weight is 414 g/mol. The summed E-state index contributed by atoms with van der Waals surface area (Å²) in [7, 11) is 1.63. The zero-order chi connectivity index (χ0) is 21.6. The molecule has 0 radical (unpaired) electrons. The second kappa shape index (κ2) is 7.63. The van der Waals surface area contributed by atoms with Crippen molar-refractivity contribution in [3.63, 3.8) is 0 Å². The van der Waals surface area contributed by atoms with Gasteiger partial charge in [0.1, 0.15) is 0 Å². The molecular formula is C27H27NO3. The Morgan fingerprint density at radius 1 is 0.935 bits per heavy atom. The Bertz CT molecular complexity index is 1300. The molecule has 0 amide bonds. The fourth-order valence-electron chi connectivity index (χ4n) is 4.86. The molecule has 0 spiro atoms. The number of hydroxylamine groups is 1. The van der Waals surface area contributed by atoms with Crippen LogP contribution in [-0.4, -0.2) is 37.0 Å². The number of nitrogens with zero attached hydrogens (tertiary/aromatic N) is 1. The highest BCUT2D eigenvalue weighted by molar-refractivity contribution is 6.24. The molecule has 0 aliphatic carbocycles. The minimum atomic E-state index is -0.497. The van der Waals surface area contributed by atoms with Crippen LogP contribution in [0.1, 0.15) is 25.8 Å². The van der Waals surface area contributed by atoms with Crippen LogP contribution in [0.4, 0.5) is 0 Å². The first-order valence-corrected chi connectivity index (χ1v) is 10.8. The molecule has 1 unspecified atom stereocenters. The molecule has 4 aromatic rings. The van der Waals surface area contributed by atoms with E-state index in [9.17, 15) is 5.21 Å². The lowest BCUT2D eigenvalue weighted by atomic mass is 9.88. The van der Waals surface area contributed by atoms with E-state index in [0.29, 0.717) is 19.6 Å². The Kier molecular flexibility index (Phi) is 4.92. The van der Waals surface area contributed by atoms with Crippen molar-refractivity contribution in [3.8, 4) is 0 Å². The van der Waals surface area contributed by atoms with Gasteiger partial charge in [0.05, 0.1) is 18.6 Å². The highest BCUT2D eigenvalue weighted by Crippen LogP contribution is 2.37. The molecule has 0 N–H and O–H groups in total. The van der Waals surface area contributed by atoms with Crippen LogP contribution in [0.3, 0.4) is 0 Å². The molecule has 0 saturated carbocycles. The molecule has 4 heteroatoms. The van der Waals surface area contributed by atoms with Crippen LogP contribution >= 0.6 is 0 Å². The van der Waals surface area contributed by atoms with Gasteiger partial charge in [-0.2, -0.15) is 4.74 Å². The number of benzene rings is 4. The molecule has 0 aromatic heterocycles. The first-order valence-electron chi connectivity index (χ1n) is 10.8. The summed E-state index contributed by atoms with van der Waals surface area (Å²) in [6.45, 7) is 5.04. The van der Waals surface area contributed by atoms with E-state index in [4.69, 9.17) is 9.47 Å². The van der Waals surface area contributed by atoms with Gasteiger partial charge in [-0.25, -0.2) is 0 Å². The Balaban J connectivity index is 1.54. The summed E-state index contributed by atoms with van der Waals surface area (Å²) in [5.74, 6) is 0. The van der Waals surface area contributed by atoms with E-state index in [1.165, 1.54) is 32.3 Å². The molecule has 0 saturated heterocycles. The van der Waals surface area contributed by atoms with Crippen LogP contribution in [-0.2, 0) is 9.47 Å². The van der Waals surface area contributed by atoms with Crippen molar-refractivity contribution in [2.45, 2.75) is 26.5 Å². The first kappa shape index (κ1) is 20.0. The van der Waals surface area contributed by atoms with Crippen LogP contribution in [0, 0.1) is 10.6 Å². The molecule has 4 nitrogen and oxygen atoms in total. The van der Waals surface area contributed by atoms with Crippen LogP contribution in [0.15, 0.2) is 60.7 Å². The van der Waals surface area contributed by atoms with Gasteiger partial charge in [-0.15, -0.1) is 0 Å². The largest absolute Gasteiger partial charge is 0.622 e. The predicted molar refractivity (Wildman–Crippen MR) is 128 cm³/mol. The fraction of sp³-hybridized carbons (Fsp3) is 0.296. The third kappa shape index (κ3) is 3.36. The van der Waals surface area contributed by atoms with Crippen molar-refractivity contribution in [3.05, 3.63) is 71.4 Å². The standard InChI is InChI=1S/C27H27NO3/c1-27(2)17-22(28(29)26(27)31-16-15-30-3)13-11-18-7-8-21-10-9-19-5-4-6-20-12-14-23(18)25(21)24(19)20/h4-14,26H,15-17H2,1-3H3/b13-11+. The smallest absolute Gasteiger partial charge is 0.273 e. The van der Waals surface area contributed by atoms with E-state index in [-0.39, 0.29) is 5.41 Å². The molecule has 1 aliphatic heterocycles. The van der Waals surface area contributed by atoms with Crippen molar-refractivity contribution < 1.29 is 14.2 Å². The minimum Gasteiger partial charge on any atom is -0.622 e. The maximum atomic E-state index is 12.9. The Hall–Kier alpha value is -2.95. The van der Waals surface area contributed by atoms with E-state index in [2.05, 4.69) is 74.5 Å². The minimum absolute atomic E-state index is 0.252. The SMILES string of the molecule is COCCOC1[N+]([O-])=C(/C=C/c2ccc3ccc4cccc5ccc2c3c45)CC1(C)C. The van der Waals surface area contributed by atoms with Gasteiger partial charge in [-0.05, 0) is 44.0 Å². The zero-order valence-corrected chi connectivity index (χ0v) is 18.2. The second-order valence-electron chi connectivity index (χ2n) is 9.04. The fourth-order valence-corrected chi connectivity index (χ4v) is 4.86. The molecule has 0 fully saturated rings. The predicted octanol–water partition coefficient (Wildman–Crippen LogP) is 5.97. The molecule has 1 aliphatic rings. The summed E-state index contributed by atoms with van der Waals surface area (Å²) >= 11 is 0. The van der Waals surface area contributed by atoms with Crippen LogP contribution in [0.25, 0.3) is 38.4 Å². The Morgan fingerprint density at radius 2 is 1.61 bits per heavy atom. The number of allylic oxidation sites excluding steroid dienone is 1. The summed E-state index contributed by atoms with van der Waals surface area (Å²) in [4.78, 5) is 0. The molecule has 5 rings (SSSR count). The lowest BCUT2D eigenvalue weighted by Crippen LogP contribution is -2.34. The van der Waals surface area contributed by atoms with Crippen molar-refractivity contribution in [1.82, 2.24) is 0 Å². The van der Waals surface area contributed by atoms with Gasteiger partial charge in [0.15, 0.2) is 5.71 Å². The average Bonchev–Trinajstić information content (AvgIpc) is 2.99.